The molecule has 2 N–H and O–H groups in total. The maximum absolute atomic E-state index is 3.36. The van der Waals surface area contributed by atoms with E-state index in [0.29, 0.717) is 0 Å². The van der Waals surface area contributed by atoms with Crippen LogP contribution < -0.4 is 5.10 Å². The van der Waals surface area contributed by atoms with E-state index in [4.69, 9.17) is 0 Å². The molecular formula is CH3N4+. The summed E-state index contributed by atoms with van der Waals surface area (Å²) < 4.78 is 0. The number of hydrogen-bond donors (Lipinski definition) is 1. The predicted octanol–water partition coefficient (Wildman–Crippen LogP) is -1.38. The molecule has 4 nitrogen and oxygen atoms in total. The van der Waals surface area contributed by atoms with Gasteiger partial charge in [-0.2, -0.15) is 5.10 Å². The molecule has 0 saturated heterocycles. The summed E-state index contributed by atoms with van der Waals surface area (Å²) in [6.07, 6.45) is 1.46. The van der Waals surface area contributed by atoms with E-state index in [1.807, 2.05) is 0 Å². The highest BCUT2D eigenvalue weighted by Crippen LogP contribution is 1.32. The van der Waals surface area contributed by atoms with Crippen molar-refractivity contribution in [3.63, 3.8) is 0 Å². The van der Waals surface area contributed by atoms with Crippen LogP contribution in [0.3, 0.4) is 0 Å². The van der Waals surface area contributed by atoms with Gasteiger partial charge in [0.25, 0.3) is 6.33 Å². The molecule has 0 aliphatic heterocycles. The third-order valence-electron chi connectivity index (χ3n) is 0.295. The Morgan fingerprint density at radius 1 is 1.80 bits per heavy atom. The number of hydrogen-bond acceptors (Lipinski definition) is 2. The van der Waals surface area contributed by atoms with Gasteiger partial charge in [-0.15, -0.1) is 0 Å². The summed E-state index contributed by atoms with van der Waals surface area (Å²) in [6, 6.07) is 0. The smallest absolute Gasteiger partial charge is 0.179 e. The van der Waals surface area contributed by atoms with Crippen molar-refractivity contribution in [2.45, 2.75) is 0 Å². The number of rotatable bonds is 0. The number of H-pyrrole nitrogens is 2. The van der Waals surface area contributed by atoms with E-state index in [2.05, 4.69) is 20.6 Å². The van der Waals surface area contributed by atoms with Crippen molar-refractivity contribution in [2.75, 3.05) is 0 Å². The molecule has 0 unspecified atom stereocenters. The molecule has 5 heavy (non-hydrogen) atoms. The van der Waals surface area contributed by atoms with E-state index < -0.39 is 0 Å². The van der Waals surface area contributed by atoms with Gasteiger partial charge in [-0.05, 0) is 0 Å². The quantitative estimate of drug-likeness (QED) is 0.409. The lowest BCUT2D eigenvalue weighted by Gasteiger charge is -1.36. The van der Waals surface area contributed by atoms with Crippen molar-refractivity contribution >= 4 is 0 Å². The van der Waals surface area contributed by atoms with Gasteiger partial charge in [0.2, 0.25) is 0 Å². The molecular weight excluding hydrogens is 68.0 g/mol. The van der Waals surface area contributed by atoms with Crippen LogP contribution >= 0.6 is 0 Å². The lowest BCUT2D eigenvalue weighted by Crippen LogP contribution is -1.97. The number of aromatic amines is 2. The monoisotopic (exact) mass is 71.0 g/mol. The Bertz CT molecular complexity index is 60.1. The van der Waals surface area contributed by atoms with Crippen LogP contribution in [0.2, 0.25) is 0 Å². The summed E-state index contributed by atoms with van der Waals surface area (Å²) in [7, 11) is 0. The molecule has 1 heterocycles. The first-order chi connectivity index (χ1) is 2.50. The van der Waals surface area contributed by atoms with Gasteiger partial charge in [-0.1, -0.05) is 5.21 Å². The zero-order valence-corrected chi connectivity index (χ0v) is 2.47. The zero-order chi connectivity index (χ0) is 3.54. The van der Waals surface area contributed by atoms with Crippen molar-refractivity contribution in [3.05, 3.63) is 6.33 Å². The van der Waals surface area contributed by atoms with Crippen molar-refractivity contribution in [1.29, 1.82) is 0 Å². The normalized spacial score (nSPS) is 8.00. The molecule has 0 bridgehead atoms. The van der Waals surface area contributed by atoms with Crippen LogP contribution in [0.1, 0.15) is 0 Å². The summed E-state index contributed by atoms with van der Waals surface area (Å²) in [5, 5.41) is 11.5. The first-order valence-electron chi connectivity index (χ1n) is 1.22. The van der Waals surface area contributed by atoms with E-state index in [-0.39, 0.29) is 0 Å². The molecule has 0 aliphatic carbocycles. The van der Waals surface area contributed by atoms with Gasteiger partial charge >= 0.3 is 0 Å². The molecule has 0 aromatic carbocycles. The van der Waals surface area contributed by atoms with Crippen LogP contribution in [0.15, 0.2) is 6.33 Å². The van der Waals surface area contributed by atoms with Crippen molar-refractivity contribution in [2.24, 2.45) is 0 Å². The Morgan fingerprint density at radius 2 is 2.80 bits per heavy atom. The lowest BCUT2D eigenvalue weighted by atomic mass is 11.4. The number of nitrogens with zero attached hydrogens (tertiary/aromatic N) is 2. The summed E-state index contributed by atoms with van der Waals surface area (Å²) in [5.41, 5.74) is 0. The first-order valence-corrected chi connectivity index (χ1v) is 1.22. The third-order valence-corrected chi connectivity index (χ3v) is 0.295. The van der Waals surface area contributed by atoms with Crippen molar-refractivity contribution in [3.8, 4) is 0 Å². The predicted molar refractivity (Wildman–Crippen MR) is 12.9 cm³/mol. The average Bonchev–Trinajstić information content (AvgIpc) is 1.76. The van der Waals surface area contributed by atoms with Gasteiger partial charge < -0.3 is 0 Å². The highest BCUT2D eigenvalue weighted by Gasteiger charge is 1.71. The molecule has 0 fully saturated rings. The number of aromatic nitrogens is 4. The van der Waals surface area contributed by atoms with Gasteiger partial charge in [-0.25, -0.2) is 0 Å². The Morgan fingerprint density at radius 3 is 3.00 bits per heavy atom. The van der Waals surface area contributed by atoms with Crippen LogP contribution in [0, 0.1) is 0 Å². The first kappa shape index (κ1) is 2.32. The van der Waals surface area contributed by atoms with Crippen LogP contribution in [-0.4, -0.2) is 15.5 Å². The van der Waals surface area contributed by atoms with Crippen LogP contribution in [0.25, 0.3) is 0 Å². The summed E-state index contributed by atoms with van der Waals surface area (Å²) in [5.74, 6) is 0. The fourth-order valence-electron chi connectivity index (χ4n) is 0.144. The van der Waals surface area contributed by atoms with E-state index in [1.54, 1.807) is 0 Å². The SMILES string of the molecule is c1nn[nH][nH+]1. The molecule has 0 radical (unpaired) electrons. The van der Waals surface area contributed by atoms with Gasteiger partial charge in [0.05, 0.1) is 0 Å². The Hall–Kier alpha value is -0.930. The maximum atomic E-state index is 3.36. The standard InChI is InChI=1S/CH2N4/c1-2-4-5-3-1/h1H,(H,2,3,4,5)/p+1. The molecule has 0 aliphatic rings. The van der Waals surface area contributed by atoms with E-state index in [1.165, 1.54) is 6.33 Å². The molecule has 1 rings (SSSR count). The van der Waals surface area contributed by atoms with Gasteiger partial charge in [-0.3, -0.25) is 0 Å². The minimum Gasteiger partial charge on any atom is -0.179 e. The maximum Gasteiger partial charge on any atom is 0.286 e. The Balaban J connectivity index is 3.13. The average molecular weight is 71.1 g/mol. The molecule has 1 aromatic heterocycles. The van der Waals surface area contributed by atoms with Crippen LogP contribution in [0.5, 0.6) is 0 Å². The summed E-state index contributed by atoms with van der Waals surface area (Å²) >= 11 is 0. The highest BCUT2D eigenvalue weighted by molar-refractivity contribution is 4.06. The van der Waals surface area contributed by atoms with Crippen molar-refractivity contribution in [1.82, 2.24) is 15.5 Å². The molecule has 0 spiro atoms. The third kappa shape index (κ3) is 0.212. The second-order valence-electron chi connectivity index (χ2n) is 0.601. The molecule has 0 atom stereocenters. The van der Waals surface area contributed by atoms with Crippen LogP contribution in [-0.2, 0) is 0 Å². The zero-order valence-electron chi connectivity index (χ0n) is 2.47. The molecule has 4 heteroatoms. The highest BCUT2D eigenvalue weighted by atomic mass is 15.5. The fraction of sp³-hybridized carbons (Fsp3) is 0. The Kier molecular flexibility index (Phi) is 0.368. The fourth-order valence-corrected chi connectivity index (χ4v) is 0.144. The Labute approximate surface area is 28.2 Å². The molecule has 0 saturated carbocycles. The molecule has 1 aromatic rings. The minimum atomic E-state index is 1.46. The topological polar surface area (TPSA) is 55.7 Å². The van der Waals surface area contributed by atoms with E-state index in [9.17, 15) is 0 Å². The number of nitrogens with one attached hydrogen (secondary N) is 2. The summed E-state index contributed by atoms with van der Waals surface area (Å²) in [4.78, 5) is 0. The van der Waals surface area contributed by atoms with Gasteiger partial charge in [0.15, 0.2) is 5.21 Å². The molecule has 0 amide bonds. The second-order valence-corrected chi connectivity index (χ2v) is 0.601. The van der Waals surface area contributed by atoms with Crippen molar-refractivity contribution < 1.29 is 5.10 Å². The van der Waals surface area contributed by atoms with Gasteiger partial charge in [0.1, 0.15) is 5.10 Å². The minimum absolute atomic E-state index is 1.46. The van der Waals surface area contributed by atoms with E-state index in [0.717, 1.165) is 0 Å². The second kappa shape index (κ2) is 0.794. The summed E-state index contributed by atoms with van der Waals surface area (Å²) in [6.45, 7) is 0. The lowest BCUT2D eigenvalue weighted by molar-refractivity contribution is -0.456. The van der Waals surface area contributed by atoms with E-state index >= 15 is 0 Å². The van der Waals surface area contributed by atoms with Crippen LogP contribution in [0.4, 0.5) is 0 Å². The number of tetrazole rings is 1. The largest absolute Gasteiger partial charge is 0.286 e. The molecule has 26 valence electrons. The van der Waals surface area contributed by atoms with Gasteiger partial charge in [0, 0.05) is 0 Å².